The minimum absolute atomic E-state index is 0.0752. The van der Waals surface area contributed by atoms with Crippen LogP contribution in [0.4, 0.5) is 11.4 Å². The molecule has 4 N–H and O–H groups in total. The van der Waals surface area contributed by atoms with E-state index in [0.717, 1.165) is 0 Å². The second-order valence-electron chi connectivity index (χ2n) is 3.04. The first-order valence-corrected chi connectivity index (χ1v) is 4.37. The van der Waals surface area contributed by atoms with Gasteiger partial charge in [0, 0.05) is 23.0 Å². The maximum absolute atomic E-state index is 11.1. The first kappa shape index (κ1) is 11.2. The van der Waals surface area contributed by atoms with Gasteiger partial charge >= 0.3 is 5.97 Å². The Balaban J connectivity index is 3.09. The minimum Gasteiger partial charge on any atom is -0.496 e. The van der Waals surface area contributed by atoms with E-state index in [9.17, 15) is 4.79 Å². The molecule has 0 fully saturated rings. The van der Waals surface area contributed by atoms with Crippen LogP contribution in [0.5, 0.6) is 5.75 Å². The molecule has 15 heavy (non-hydrogen) atoms. The van der Waals surface area contributed by atoms with Crippen LogP contribution < -0.4 is 16.2 Å². The van der Waals surface area contributed by atoms with Crippen molar-refractivity contribution in [2.45, 2.75) is 6.42 Å². The summed E-state index contributed by atoms with van der Waals surface area (Å²) in [6.45, 7) is 0. The summed E-state index contributed by atoms with van der Waals surface area (Å²) in [5, 5.41) is 0. The van der Waals surface area contributed by atoms with Crippen molar-refractivity contribution in [3.05, 3.63) is 17.7 Å². The quantitative estimate of drug-likeness (QED) is 0.562. The fourth-order valence-electron chi connectivity index (χ4n) is 1.28. The van der Waals surface area contributed by atoms with Crippen molar-refractivity contribution in [1.82, 2.24) is 0 Å². The van der Waals surface area contributed by atoms with Crippen LogP contribution in [0.1, 0.15) is 5.56 Å². The number of carbonyl (C=O) groups excluding carboxylic acids is 1. The van der Waals surface area contributed by atoms with Gasteiger partial charge in [-0.05, 0) is 6.07 Å². The standard InChI is InChI=1S/C10H14N2O3/c1-14-9-4-6(11)3-8(12)7(9)5-10(13)15-2/h3-4H,5,11-12H2,1-2H3. The number of nitrogen functional groups attached to an aromatic ring is 2. The van der Waals surface area contributed by atoms with Gasteiger partial charge in [0.25, 0.3) is 0 Å². The Morgan fingerprint density at radius 1 is 1.33 bits per heavy atom. The molecule has 0 saturated heterocycles. The van der Waals surface area contributed by atoms with Gasteiger partial charge < -0.3 is 20.9 Å². The maximum Gasteiger partial charge on any atom is 0.310 e. The zero-order valence-corrected chi connectivity index (χ0v) is 8.74. The lowest BCUT2D eigenvalue weighted by Gasteiger charge is -2.11. The molecule has 0 heterocycles. The molecule has 5 heteroatoms. The molecule has 0 radical (unpaired) electrons. The van der Waals surface area contributed by atoms with E-state index in [4.69, 9.17) is 16.2 Å². The van der Waals surface area contributed by atoms with Crippen LogP contribution in [0.15, 0.2) is 12.1 Å². The predicted molar refractivity (Wildman–Crippen MR) is 57.5 cm³/mol. The molecule has 0 aliphatic carbocycles. The summed E-state index contributed by atoms with van der Waals surface area (Å²) >= 11 is 0. The van der Waals surface area contributed by atoms with Crippen LogP contribution in [0, 0.1) is 0 Å². The number of benzene rings is 1. The normalized spacial score (nSPS) is 9.73. The van der Waals surface area contributed by atoms with Gasteiger partial charge in [0.1, 0.15) is 5.75 Å². The van der Waals surface area contributed by atoms with Crippen molar-refractivity contribution in [3.63, 3.8) is 0 Å². The van der Waals surface area contributed by atoms with Gasteiger partial charge in [-0.1, -0.05) is 0 Å². The smallest absolute Gasteiger partial charge is 0.310 e. The molecular weight excluding hydrogens is 196 g/mol. The number of hydrogen-bond donors (Lipinski definition) is 2. The third-order valence-electron chi connectivity index (χ3n) is 2.03. The summed E-state index contributed by atoms with van der Waals surface area (Å²) in [7, 11) is 2.82. The number of nitrogens with two attached hydrogens (primary N) is 2. The molecular formula is C10H14N2O3. The Bertz CT molecular complexity index is 377. The molecule has 0 amide bonds. The molecule has 0 aromatic heterocycles. The van der Waals surface area contributed by atoms with Crippen molar-refractivity contribution in [1.29, 1.82) is 0 Å². The van der Waals surface area contributed by atoms with E-state index in [-0.39, 0.29) is 12.4 Å². The minimum atomic E-state index is -0.371. The van der Waals surface area contributed by atoms with E-state index in [1.54, 1.807) is 12.1 Å². The van der Waals surface area contributed by atoms with Crippen molar-refractivity contribution in [3.8, 4) is 5.75 Å². The van der Waals surface area contributed by atoms with E-state index >= 15 is 0 Å². The summed E-state index contributed by atoms with van der Waals surface area (Å²) in [6, 6.07) is 3.20. The van der Waals surface area contributed by atoms with Crippen LogP contribution in [-0.4, -0.2) is 20.2 Å². The molecule has 0 aliphatic heterocycles. The number of methoxy groups -OCH3 is 2. The molecule has 0 unspecified atom stereocenters. The Morgan fingerprint density at radius 2 is 2.00 bits per heavy atom. The van der Waals surface area contributed by atoms with E-state index < -0.39 is 0 Å². The molecule has 1 aromatic rings. The molecule has 82 valence electrons. The van der Waals surface area contributed by atoms with Gasteiger partial charge in [-0.15, -0.1) is 0 Å². The number of hydrogen-bond acceptors (Lipinski definition) is 5. The fraction of sp³-hybridized carbons (Fsp3) is 0.300. The summed E-state index contributed by atoms with van der Waals surface area (Å²) in [6.07, 6.45) is 0.0752. The van der Waals surface area contributed by atoms with E-state index in [2.05, 4.69) is 4.74 Å². The summed E-state index contributed by atoms with van der Waals surface area (Å²) in [5.74, 6) is 0.127. The molecule has 0 spiro atoms. The lowest BCUT2D eigenvalue weighted by atomic mass is 10.1. The lowest BCUT2D eigenvalue weighted by molar-refractivity contribution is -0.139. The van der Waals surface area contributed by atoms with Gasteiger partial charge in [-0.25, -0.2) is 0 Å². The van der Waals surface area contributed by atoms with Crippen molar-refractivity contribution >= 4 is 17.3 Å². The summed E-state index contributed by atoms with van der Waals surface area (Å²) in [4.78, 5) is 11.1. The molecule has 0 aliphatic rings. The van der Waals surface area contributed by atoms with Crippen LogP contribution in [-0.2, 0) is 16.0 Å². The molecule has 1 rings (SSSR count). The van der Waals surface area contributed by atoms with Crippen molar-refractivity contribution in [2.24, 2.45) is 0 Å². The second-order valence-corrected chi connectivity index (χ2v) is 3.04. The number of rotatable bonds is 3. The van der Waals surface area contributed by atoms with Gasteiger partial charge in [0.05, 0.1) is 20.6 Å². The number of carbonyl (C=O) groups is 1. The Morgan fingerprint density at radius 3 is 2.53 bits per heavy atom. The van der Waals surface area contributed by atoms with E-state index in [1.807, 2.05) is 0 Å². The predicted octanol–water partition coefficient (Wildman–Crippen LogP) is 0.575. The third-order valence-corrected chi connectivity index (χ3v) is 2.03. The highest BCUT2D eigenvalue weighted by Crippen LogP contribution is 2.28. The van der Waals surface area contributed by atoms with Crippen molar-refractivity contribution in [2.75, 3.05) is 25.7 Å². The first-order valence-electron chi connectivity index (χ1n) is 4.37. The maximum atomic E-state index is 11.1. The number of ether oxygens (including phenoxy) is 2. The van der Waals surface area contributed by atoms with E-state index in [0.29, 0.717) is 22.7 Å². The molecule has 5 nitrogen and oxygen atoms in total. The average molecular weight is 210 g/mol. The van der Waals surface area contributed by atoms with Crippen LogP contribution in [0.25, 0.3) is 0 Å². The summed E-state index contributed by atoms with van der Waals surface area (Å²) < 4.78 is 9.64. The highest BCUT2D eigenvalue weighted by atomic mass is 16.5. The Hall–Kier alpha value is -1.91. The van der Waals surface area contributed by atoms with Crippen LogP contribution in [0.2, 0.25) is 0 Å². The monoisotopic (exact) mass is 210 g/mol. The topological polar surface area (TPSA) is 87.6 Å². The number of anilines is 2. The first-order chi connectivity index (χ1) is 7.08. The second kappa shape index (κ2) is 4.54. The largest absolute Gasteiger partial charge is 0.496 e. The fourth-order valence-corrected chi connectivity index (χ4v) is 1.28. The molecule has 0 saturated carbocycles. The lowest BCUT2D eigenvalue weighted by Crippen LogP contribution is -2.09. The molecule has 0 atom stereocenters. The average Bonchev–Trinajstić information content (AvgIpc) is 2.21. The van der Waals surface area contributed by atoms with Gasteiger partial charge in [0.15, 0.2) is 0 Å². The Labute approximate surface area is 88.0 Å². The van der Waals surface area contributed by atoms with Crippen molar-refractivity contribution < 1.29 is 14.3 Å². The Kier molecular flexibility index (Phi) is 3.38. The third kappa shape index (κ3) is 2.52. The molecule has 0 bridgehead atoms. The number of esters is 1. The van der Waals surface area contributed by atoms with E-state index in [1.165, 1.54) is 14.2 Å². The van der Waals surface area contributed by atoms with Crippen LogP contribution in [0.3, 0.4) is 0 Å². The zero-order valence-electron chi connectivity index (χ0n) is 8.74. The van der Waals surface area contributed by atoms with Crippen LogP contribution >= 0.6 is 0 Å². The highest BCUT2D eigenvalue weighted by Gasteiger charge is 2.13. The summed E-state index contributed by atoms with van der Waals surface area (Å²) in [5.41, 5.74) is 12.8. The van der Waals surface area contributed by atoms with Gasteiger partial charge in [-0.3, -0.25) is 4.79 Å². The SMILES string of the molecule is COC(=O)Cc1c(N)cc(N)cc1OC. The van der Waals surface area contributed by atoms with Gasteiger partial charge in [-0.2, -0.15) is 0 Å². The highest BCUT2D eigenvalue weighted by molar-refractivity contribution is 5.77. The molecule has 1 aromatic carbocycles. The van der Waals surface area contributed by atoms with Gasteiger partial charge in [0.2, 0.25) is 0 Å². The zero-order chi connectivity index (χ0) is 11.4.